The molecular formula is C30H29F3O2. The summed E-state index contributed by atoms with van der Waals surface area (Å²) in [5, 5.41) is 0. The van der Waals surface area contributed by atoms with Gasteiger partial charge in [-0.25, -0.2) is 13.2 Å². The van der Waals surface area contributed by atoms with Gasteiger partial charge in [0.05, 0.1) is 6.61 Å². The molecule has 1 aliphatic carbocycles. The summed E-state index contributed by atoms with van der Waals surface area (Å²) in [5.74, 6) is -0.664. The van der Waals surface area contributed by atoms with E-state index >= 15 is 8.78 Å². The molecule has 3 aromatic carbocycles. The number of rotatable bonds is 7. The van der Waals surface area contributed by atoms with E-state index in [4.69, 9.17) is 9.47 Å². The standard InChI is InChI=1S/C30H29F3O2/c1-2-3-19-4-7-21(8-5-19)24-14-15-25(30(33)29(24)32)22-9-11-23(12-10-22)34-17-20-6-13-26(27(31)16-20)28-18-35-28/h2-3,6,9-16,19,21,28H,4-5,7-8,17-18H2,1H3/b3-2+. The van der Waals surface area contributed by atoms with Crippen molar-refractivity contribution in [2.45, 2.75) is 51.2 Å². The molecule has 0 bridgehead atoms. The first-order valence-electron chi connectivity index (χ1n) is 12.3. The van der Waals surface area contributed by atoms with Crippen LogP contribution in [0.4, 0.5) is 13.2 Å². The largest absolute Gasteiger partial charge is 0.489 e. The first kappa shape index (κ1) is 23.7. The Kier molecular flexibility index (Phi) is 6.96. The van der Waals surface area contributed by atoms with Gasteiger partial charge in [0, 0.05) is 11.1 Å². The molecule has 5 rings (SSSR count). The van der Waals surface area contributed by atoms with E-state index in [1.807, 2.05) is 13.0 Å². The molecule has 2 aliphatic rings. The third-order valence-corrected chi connectivity index (χ3v) is 7.10. The predicted molar refractivity (Wildman–Crippen MR) is 131 cm³/mol. The third-order valence-electron chi connectivity index (χ3n) is 7.10. The number of halogens is 3. The summed E-state index contributed by atoms with van der Waals surface area (Å²) in [5.41, 5.74) is 2.58. The fourth-order valence-corrected chi connectivity index (χ4v) is 5.04. The van der Waals surface area contributed by atoms with Crippen LogP contribution in [0, 0.1) is 23.4 Å². The van der Waals surface area contributed by atoms with Crippen molar-refractivity contribution in [3.05, 3.63) is 101 Å². The Hall–Kier alpha value is -3.05. The van der Waals surface area contributed by atoms with Gasteiger partial charge in [0.1, 0.15) is 24.3 Å². The maximum Gasteiger partial charge on any atom is 0.166 e. The Morgan fingerprint density at radius 2 is 1.60 bits per heavy atom. The lowest BCUT2D eigenvalue weighted by atomic mass is 9.78. The SMILES string of the molecule is C/C=C/C1CCC(c2ccc(-c3ccc(OCc4ccc(C5CO5)c(F)c4)cc3)c(F)c2F)CC1. The minimum Gasteiger partial charge on any atom is -0.489 e. The van der Waals surface area contributed by atoms with Crippen molar-refractivity contribution < 1.29 is 22.6 Å². The molecule has 0 radical (unpaired) electrons. The number of ether oxygens (including phenoxy) is 2. The van der Waals surface area contributed by atoms with Gasteiger partial charge in [-0.3, -0.25) is 0 Å². The highest BCUT2D eigenvalue weighted by atomic mass is 19.2. The highest BCUT2D eigenvalue weighted by Crippen LogP contribution is 2.39. The molecule has 1 saturated carbocycles. The molecule has 5 heteroatoms. The molecule has 3 aromatic rings. The van der Waals surface area contributed by atoms with Crippen LogP contribution in [0.2, 0.25) is 0 Å². The molecule has 1 heterocycles. The van der Waals surface area contributed by atoms with Gasteiger partial charge in [0.25, 0.3) is 0 Å². The van der Waals surface area contributed by atoms with Crippen LogP contribution in [0.3, 0.4) is 0 Å². The van der Waals surface area contributed by atoms with Crippen LogP contribution in [0.1, 0.15) is 61.3 Å². The van der Waals surface area contributed by atoms with Crippen molar-refractivity contribution in [1.82, 2.24) is 0 Å². The van der Waals surface area contributed by atoms with Gasteiger partial charge < -0.3 is 9.47 Å². The van der Waals surface area contributed by atoms with Crippen LogP contribution >= 0.6 is 0 Å². The zero-order valence-electron chi connectivity index (χ0n) is 19.8. The normalized spacial score (nSPS) is 21.9. The van der Waals surface area contributed by atoms with E-state index in [0.29, 0.717) is 40.5 Å². The Bertz CT molecular complexity index is 1210. The van der Waals surface area contributed by atoms with Crippen molar-refractivity contribution in [2.24, 2.45) is 5.92 Å². The molecule has 182 valence electrons. The monoisotopic (exact) mass is 478 g/mol. The van der Waals surface area contributed by atoms with Crippen molar-refractivity contribution in [3.63, 3.8) is 0 Å². The molecule has 0 aromatic heterocycles. The summed E-state index contributed by atoms with van der Waals surface area (Å²) in [6.45, 7) is 2.78. The summed E-state index contributed by atoms with van der Waals surface area (Å²) in [4.78, 5) is 0. The summed E-state index contributed by atoms with van der Waals surface area (Å²) >= 11 is 0. The van der Waals surface area contributed by atoms with Gasteiger partial charge in [0.15, 0.2) is 11.6 Å². The van der Waals surface area contributed by atoms with Crippen molar-refractivity contribution in [1.29, 1.82) is 0 Å². The number of hydrogen-bond donors (Lipinski definition) is 0. The molecule has 1 saturated heterocycles. The molecule has 1 unspecified atom stereocenters. The van der Waals surface area contributed by atoms with Crippen LogP contribution in [-0.2, 0) is 11.3 Å². The number of epoxide rings is 1. The third kappa shape index (κ3) is 5.30. The van der Waals surface area contributed by atoms with Gasteiger partial charge in [-0.05, 0) is 79.3 Å². The highest BCUT2D eigenvalue weighted by Gasteiger charge is 2.28. The fourth-order valence-electron chi connectivity index (χ4n) is 5.04. The molecule has 1 atom stereocenters. The maximum absolute atomic E-state index is 15.0. The first-order valence-corrected chi connectivity index (χ1v) is 12.3. The summed E-state index contributed by atoms with van der Waals surface area (Å²) in [6, 6.07) is 15.3. The summed E-state index contributed by atoms with van der Waals surface area (Å²) < 4.78 is 55.1. The lowest BCUT2D eigenvalue weighted by molar-refractivity contribution is 0.305. The first-order chi connectivity index (χ1) is 17.0. The lowest BCUT2D eigenvalue weighted by Gasteiger charge is -2.27. The zero-order valence-corrected chi connectivity index (χ0v) is 19.8. The minimum atomic E-state index is -0.804. The molecule has 1 aliphatic heterocycles. The van der Waals surface area contributed by atoms with Crippen LogP contribution in [-0.4, -0.2) is 6.61 Å². The van der Waals surface area contributed by atoms with Gasteiger partial charge in [0.2, 0.25) is 0 Å². The van der Waals surface area contributed by atoms with E-state index in [-0.39, 0.29) is 30.0 Å². The molecule has 2 fully saturated rings. The fraction of sp³-hybridized carbons (Fsp3) is 0.333. The van der Waals surface area contributed by atoms with Crippen molar-refractivity contribution in [2.75, 3.05) is 6.61 Å². The molecule has 35 heavy (non-hydrogen) atoms. The van der Waals surface area contributed by atoms with Crippen molar-refractivity contribution >= 4 is 0 Å². The topological polar surface area (TPSA) is 21.8 Å². The summed E-state index contributed by atoms with van der Waals surface area (Å²) in [6.07, 6.45) is 7.90. The highest BCUT2D eigenvalue weighted by molar-refractivity contribution is 5.65. The maximum atomic E-state index is 15.0. The number of hydrogen-bond acceptors (Lipinski definition) is 2. The van der Waals surface area contributed by atoms with Gasteiger partial charge in [-0.15, -0.1) is 0 Å². The Balaban J connectivity index is 1.24. The van der Waals surface area contributed by atoms with E-state index in [9.17, 15) is 4.39 Å². The average molecular weight is 479 g/mol. The van der Waals surface area contributed by atoms with Crippen molar-refractivity contribution in [3.8, 4) is 16.9 Å². The van der Waals surface area contributed by atoms with E-state index in [2.05, 4.69) is 12.2 Å². The Labute approximate surface area is 204 Å². The molecule has 2 nitrogen and oxygen atoms in total. The number of allylic oxidation sites excluding steroid dienone is 2. The predicted octanol–water partition coefficient (Wildman–Crippen LogP) is 8.27. The Morgan fingerprint density at radius 3 is 2.26 bits per heavy atom. The van der Waals surface area contributed by atoms with Gasteiger partial charge in [-0.2, -0.15) is 0 Å². The van der Waals surface area contributed by atoms with Gasteiger partial charge >= 0.3 is 0 Å². The molecular weight excluding hydrogens is 449 g/mol. The molecule has 0 spiro atoms. The van der Waals surface area contributed by atoms with Crippen LogP contribution in [0.15, 0.2) is 66.7 Å². The van der Waals surface area contributed by atoms with Crippen LogP contribution < -0.4 is 4.74 Å². The van der Waals surface area contributed by atoms with Crippen LogP contribution in [0.5, 0.6) is 5.75 Å². The van der Waals surface area contributed by atoms with Crippen LogP contribution in [0.25, 0.3) is 11.1 Å². The average Bonchev–Trinajstić information content (AvgIpc) is 3.71. The van der Waals surface area contributed by atoms with Gasteiger partial charge in [-0.1, -0.05) is 48.6 Å². The Morgan fingerprint density at radius 1 is 0.886 bits per heavy atom. The second-order valence-electron chi connectivity index (χ2n) is 9.46. The zero-order chi connectivity index (χ0) is 24.4. The molecule has 0 N–H and O–H groups in total. The smallest absolute Gasteiger partial charge is 0.166 e. The second-order valence-corrected chi connectivity index (χ2v) is 9.46. The lowest BCUT2D eigenvalue weighted by Crippen LogP contribution is -2.13. The minimum absolute atomic E-state index is 0.0616. The summed E-state index contributed by atoms with van der Waals surface area (Å²) in [7, 11) is 0. The van der Waals surface area contributed by atoms with E-state index < -0.39 is 11.6 Å². The number of benzene rings is 3. The quantitative estimate of drug-likeness (QED) is 0.252. The molecule has 0 amide bonds. The van der Waals surface area contributed by atoms with E-state index in [1.165, 1.54) is 6.07 Å². The second kappa shape index (κ2) is 10.3. The van der Waals surface area contributed by atoms with E-state index in [0.717, 1.165) is 25.7 Å². The van der Waals surface area contributed by atoms with E-state index in [1.54, 1.807) is 42.5 Å².